The van der Waals surface area contributed by atoms with Crippen LogP contribution < -0.4 is 14.8 Å². The molecular formula is C22H25N3O4. The lowest BCUT2D eigenvalue weighted by Gasteiger charge is -2.19. The predicted molar refractivity (Wildman–Crippen MR) is 111 cm³/mol. The molecule has 3 rings (SSSR count). The third-order valence-electron chi connectivity index (χ3n) is 4.47. The lowest BCUT2D eigenvalue weighted by atomic mass is 10.2. The van der Waals surface area contributed by atoms with Gasteiger partial charge in [0.05, 0.1) is 32.1 Å². The molecule has 0 bridgehead atoms. The van der Waals surface area contributed by atoms with Gasteiger partial charge in [0.25, 0.3) is 0 Å². The minimum atomic E-state index is -0.116. The maximum absolute atomic E-state index is 12.5. The fourth-order valence-corrected chi connectivity index (χ4v) is 2.90. The maximum Gasteiger partial charge on any atom is 0.238 e. The molecule has 0 spiro atoms. The summed E-state index contributed by atoms with van der Waals surface area (Å²) < 4.78 is 16.0. The van der Waals surface area contributed by atoms with E-state index in [1.807, 2.05) is 60.4 Å². The van der Waals surface area contributed by atoms with Crippen LogP contribution in [0, 0.1) is 0 Å². The van der Waals surface area contributed by atoms with E-state index in [2.05, 4.69) is 10.3 Å². The van der Waals surface area contributed by atoms with E-state index in [1.54, 1.807) is 20.5 Å². The Morgan fingerprint density at radius 2 is 1.86 bits per heavy atom. The number of para-hydroxylation sites is 2. The van der Waals surface area contributed by atoms with Gasteiger partial charge < -0.3 is 19.2 Å². The Kier molecular flexibility index (Phi) is 6.86. The van der Waals surface area contributed by atoms with E-state index < -0.39 is 0 Å². The number of hydrogen-bond donors (Lipinski definition) is 1. The van der Waals surface area contributed by atoms with E-state index in [9.17, 15) is 4.79 Å². The highest BCUT2D eigenvalue weighted by molar-refractivity contribution is 5.93. The Hall–Kier alpha value is -3.32. The van der Waals surface area contributed by atoms with Gasteiger partial charge in [0.15, 0.2) is 0 Å². The minimum absolute atomic E-state index is 0.116. The van der Waals surface area contributed by atoms with Crippen molar-refractivity contribution in [2.75, 3.05) is 32.6 Å². The summed E-state index contributed by atoms with van der Waals surface area (Å²) >= 11 is 0. The fraction of sp³-hybridized carbons (Fsp3) is 0.273. The van der Waals surface area contributed by atoms with Crippen LogP contribution in [0.25, 0.3) is 11.5 Å². The number of nitrogens with zero attached hydrogens (tertiary/aromatic N) is 2. The molecule has 0 saturated carbocycles. The Bertz CT molecular complexity index is 937. The molecule has 0 aliphatic carbocycles. The third-order valence-corrected chi connectivity index (χ3v) is 4.47. The summed E-state index contributed by atoms with van der Waals surface area (Å²) in [5, 5.41) is 2.89. The zero-order valence-corrected chi connectivity index (χ0v) is 16.8. The lowest BCUT2D eigenvalue weighted by Crippen LogP contribution is -2.32. The number of hydrogen-bond acceptors (Lipinski definition) is 6. The highest BCUT2D eigenvalue weighted by atomic mass is 16.5. The number of carbonyl (C=O) groups excluding carboxylic acids is 1. The zero-order valence-electron chi connectivity index (χ0n) is 16.8. The van der Waals surface area contributed by atoms with Crippen molar-refractivity contribution < 1.29 is 18.7 Å². The first kappa shape index (κ1) is 20.4. The number of ether oxygens (including phenoxy) is 2. The largest absolute Gasteiger partial charge is 0.497 e. The molecule has 1 aromatic heterocycles. The summed E-state index contributed by atoms with van der Waals surface area (Å²) in [6, 6.07) is 14.8. The Morgan fingerprint density at radius 3 is 2.55 bits per heavy atom. The average Bonchev–Trinajstić information content (AvgIpc) is 3.22. The van der Waals surface area contributed by atoms with Crippen LogP contribution in [0.4, 0.5) is 5.69 Å². The van der Waals surface area contributed by atoms with Gasteiger partial charge in [-0.2, -0.15) is 0 Å². The number of benzene rings is 2. The molecular weight excluding hydrogens is 370 g/mol. The van der Waals surface area contributed by atoms with E-state index in [0.29, 0.717) is 30.4 Å². The van der Waals surface area contributed by atoms with E-state index in [1.165, 1.54) is 0 Å². The van der Waals surface area contributed by atoms with Crippen molar-refractivity contribution in [3.63, 3.8) is 0 Å². The van der Waals surface area contributed by atoms with Crippen LogP contribution in [-0.2, 0) is 11.3 Å². The lowest BCUT2D eigenvalue weighted by molar-refractivity contribution is -0.117. The predicted octanol–water partition coefficient (Wildman–Crippen LogP) is 3.82. The molecule has 0 aliphatic heterocycles. The summed E-state index contributed by atoms with van der Waals surface area (Å²) in [5.41, 5.74) is 2.29. The van der Waals surface area contributed by atoms with E-state index in [4.69, 9.17) is 13.9 Å². The van der Waals surface area contributed by atoms with Crippen molar-refractivity contribution in [3.8, 4) is 23.0 Å². The van der Waals surface area contributed by atoms with E-state index in [-0.39, 0.29) is 12.5 Å². The molecule has 0 aliphatic rings. The van der Waals surface area contributed by atoms with Gasteiger partial charge in [0.2, 0.25) is 11.8 Å². The Balaban J connectivity index is 1.61. The van der Waals surface area contributed by atoms with E-state index >= 15 is 0 Å². The number of carbonyl (C=O) groups is 1. The van der Waals surface area contributed by atoms with Gasteiger partial charge in [-0.15, -0.1) is 0 Å². The van der Waals surface area contributed by atoms with Crippen LogP contribution >= 0.6 is 0 Å². The highest BCUT2D eigenvalue weighted by Crippen LogP contribution is 2.24. The number of anilines is 1. The molecule has 29 heavy (non-hydrogen) atoms. The number of methoxy groups -OCH3 is 2. The molecule has 0 fully saturated rings. The van der Waals surface area contributed by atoms with Gasteiger partial charge >= 0.3 is 0 Å². The molecule has 7 heteroatoms. The standard InChI is InChI=1S/C22H25N3O4/c1-4-25(14-21(26)24-19-7-5-6-8-20(19)28-3)13-17-15-29-22(23-17)16-9-11-18(27-2)12-10-16/h5-12,15H,4,13-14H2,1-3H3,(H,24,26). The van der Waals surface area contributed by atoms with Gasteiger partial charge in [0, 0.05) is 12.1 Å². The molecule has 2 aromatic carbocycles. The van der Waals surface area contributed by atoms with Gasteiger partial charge in [-0.25, -0.2) is 4.98 Å². The molecule has 0 saturated heterocycles. The number of aromatic nitrogens is 1. The first-order valence-electron chi connectivity index (χ1n) is 9.37. The average molecular weight is 395 g/mol. The number of oxazole rings is 1. The van der Waals surface area contributed by atoms with Gasteiger partial charge in [0.1, 0.15) is 17.8 Å². The van der Waals surface area contributed by atoms with Crippen LogP contribution in [0.3, 0.4) is 0 Å². The number of likely N-dealkylation sites (N-methyl/N-ethyl adjacent to an activating group) is 1. The Labute approximate surface area is 170 Å². The number of rotatable bonds is 9. The molecule has 1 amide bonds. The van der Waals surface area contributed by atoms with Crippen LogP contribution in [0.2, 0.25) is 0 Å². The highest BCUT2D eigenvalue weighted by Gasteiger charge is 2.14. The van der Waals surface area contributed by atoms with Crippen molar-refractivity contribution in [1.82, 2.24) is 9.88 Å². The maximum atomic E-state index is 12.5. The molecule has 1 heterocycles. The van der Waals surface area contributed by atoms with E-state index in [0.717, 1.165) is 17.0 Å². The van der Waals surface area contributed by atoms with Crippen LogP contribution in [-0.4, -0.2) is 43.1 Å². The second-order valence-electron chi connectivity index (χ2n) is 6.42. The third kappa shape index (κ3) is 5.36. The summed E-state index contributed by atoms with van der Waals surface area (Å²) in [4.78, 5) is 19.0. The molecule has 3 aromatic rings. The van der Waals surface area contributed by atoms with Crippen molar-refractivity contribution in [2.24, 2.45) is 0 Å². The SMILES string of the molecule is CCN(CC(=O)Nc1ccccc1OC)Cc1coc(-c2ccc(OC)cc2)n1. The van der Waals surface area contributed by atoms with Gasteiger partial charge in [-0.1, -0.05) is 19.1 Å². The molecule has 7 nitrogen and oxygen atoms in total. The first-order chi connectivity index (χ1) is 14.1. The molecule has 0 unspecified atom stereocenters. The van der Waals surface area contributed by atoms with Crippen molar-refractivity contribution in [1.29, 1.82) is 0 Å². The minimum Gasteiger partial charge on any atom is -0.497 e. The molecule has 0 atom stereocenters. The van der Waals surface area contributed by atoms with Crippen molar-refractivity contribution >= 4 is 11.6 Å². The quantitative estimate of drug-likeness (QED) is 0.594. The van der Waals surface area contributed by atoms with Crippen LogP contribution in [0.5, 0.6) is 11.5 Å². The van der Waals surface area contributed by atoms with Crippen LogP contribution in [0.1, 0.15) is 12.6 Å². The summed E-state index contributed by atoms with van der Waals surface area (Å²) in [6.45, 7) is 3.44. The number of amides is 1. The first-order valence-corrected chi connectivity index (χ1v) is 9.37. The summed E-state index contributed by atoms with van der Waals surface area (Å²) in [6.07, 6.45) is 1.63. The smallest absolute Gasteiger partial charge is 0.238 e. The zero-order chi connectivity index (χ0) is 20.6. The van der Waals surface area contributed by atoms with Crippen LogP contribution in [0.15, 0.2) is 59.2 Å². The van der Waals surface area contributed by atoms with Gasteiger partial charge in [-0.3, -0.25) is 9.69 Å². The fourth-order valence-electron chi connectivity index (χ4n) is 2.90. The normalized spacial score (nSPS) is 10.8. The monoisotopic (exact) mass is 395 g/mol. The van der Waals surface area contributed by atoms with Crippen molar-refractivity contribution in [2.45, 2.75) is 13.5 Å². The summed E-state index contributed by atoms with van der Waals surface area (Å²) in [7, 11) is 3.20. The second kappa shape index (κ2) is 9.75. The van der Waals surface area contributed by atoms with Crippen molar-refractivity contribution in [3.05, 3.63) is 60.5 Å². The molecule has 1 N–H and O–H groups in total. The topological polar surface area (TPSA) is 76.8 Å². The second-order valence-corrected chi connectivity index (χ2v) is 6.42. The van der Waals surface area contributed by atoms with Gasteiger partial charge in [-0.05, 0) is 42.9 Å². The summed E-state index contributed by atoms with van der Waals surface area (Å²) in [5.74, 6) is 1.83. The molecule has 152 valence electrons. The molecule has 0 radical (unpaired) electrons. The Morgan fingerprint density at radius 1 is 1.10 bits per heavy atom. The number of nitrogens with one attached hydrogen (secondary N) is 1.